The Balaban J connectivity index is 2.16. The first-order valence-corrected chi connectivity index (χ1v) is 9.87. The third kappa shape index (κ3) is 5.68. The summed E-state index contributed by atoms with van der Waals surface area (Å²) in [5.74, 6) is -2.58. The maximum absolute atomic E-state index is 12.2. The Morgan fingerprint density at radius 3 is 1.97 bits per heavy atom. The fraction of sp³-hybridized carbons (Fsp3) is 0.167. The van der Waals surface area contributed by atoms with E-state index >= 15 is 0 Å². The summed E-state index contributed by atoms with van der Waals surface area (Å²) in [7, 11) is -3.92. The van der Waals surface area contributed by atoms with Crippen LogP contribution in [0.15, 0.2) is 47.4 Å². The van der Waals surface area contributed by atoms with Crippen LogP contribution in [-0.2, 0) is 19.5 Å². The van der Waals surface area contributed by atoms with E-state index in [1.54, 1.807) is 6.92 Å². The Bertz CT molecular complexity index is 1110. The van der Waals surface area contributed by atoms with Gasteiger partial charge in [0.1, 0.15) is 0 Å². The first-order chi connectivity index (χ1) is 14.0. The van der Waals surface area contributed by atoms with Crippen LogP contribution in [0.4, 0.5) is 5.69 Å². The summed E-state index contributed by atoms with van der Waals surface area (Å²) in [5, 5.41) is 16.0. The number of carbonyl (C=O) groups is 3. The molecule has 0 saturated carbocycles. The van der Waals surface area contributed by atoms with Crippen molar-refractivity contribution >= 4 is 33.4 Å². The molecule has 2 N–H and O–H groups in total. The maximum Gasteiger partial charge on any atom is 0.338 e. The Hall–Kier alpha value is -3.64. The van der Waals surface area contributed by atoms with Crippen molar-refractivity contribution in [3.63, 3.8) is 0 Å². The van der Waals surface area contributed by atoms with Crippen LogP contribution in [0, 0.1) is 10.1 Å². The second kappa shape index (κ2) is 9.24. The highest BCUT2D eigenvalue weighted by Gasteiger charge is 2.20. The van der Waals surface area contributed by atoms with Crippen molar-refractivity contribution in [2.24, 2.45) is 5.14 Å². The molecule has 2 aromatic carbocycles. The average Bonchev–Trinajstić information content (AvgIpc) is 2.71. The molecule has 30 heavy (non-hydrogen) atoms. The monoisotopic (exact) mass is 436 g/mol. The number of sulfonamides is 1. The van der Waals surface area contributed by atoms with E-state index in [4.69, 9.17) is 14.6 Å². The van der Waals surface area contributed by atoms with Crippen LogP contribution in [0.1, 0.15) is 38.0 Å². The topological polar surface area (TPSA) is 173 Å². The molecule has 0 radical (unpaired) electrons. The minimum Gasteiger partial charge on any atom is -0.462 e. The Morgan fingerprint density at radius 2 is 1.50 bits per heavy atom. The van der Waals surface area contributed by atoms with Gasteiger partial charge in [0.15, 0.2) is 12.4 Å². The maximum atomic E-state index is 12.2. The molecule has 0 spiro atoms. The number of ether oxygens (including phenoxy) is 2. The van der Waals surface area contributed by atoms with Gasteiger partial charge in [-0.25, -0.2) is 23.1 Å². The molecule has 0 amide bonds. The molecule has 0 heterocycles. The lowest BCUT2D eigenvalue weighted by Gasteiger charge is -2.07. The fourth-order valence-corrected chi connectivity index (χ4v) is 2.81. The summed E-state index contributed by atoms with van der Waals surface area (Å²) >= 11 is 0. The quantitative estimate of drug-likeness (QED) is 0.278. The van der Waals surface area contributed by atoms with Gasteiger partial charge >= 0.3 is 11.9 Å². The Kier molecular flexibility index (Phi) is 6.97. The van der Waals surface area contributed by atoms with Gasteiger partial charge in [-0.15, -0.1) is 0 Å². The Labute approximate surface area is 170 Å². The molecule has 0 aliphatic rings. The van der Waals surface area contributed by atoms with Crippen LogP contribution in [0.3, 0.4) is 0 Å². The van der Waals surface area contributed by atoms with Gasteiger partial charge < -0.3 is 9.47 Å². The van der Waals surface area contributed by atoms with E-state index < -0.39 is 45.0 Å². The summed E-state index contributed by atoms with van der Waals surface area (Å²) in [5.41, 5.74) is -1.01. The highest BCUT2D eigenvalue weighted by atomic mass is 32.2. The lowest BCUT2D eigenvalue weighted by atomic mass is 10.1. The number of ketones is 1. The summed E-state index contributed by atoms with van der Waals surface area (Å²) < 4.78 is 32.1. The number of hydrogen-bond donors (Lipinski definition) is 1. The normalized spacial score (nSPS) is 10.9. The van der Waals surface area contributed by atoms with E-state index in [-0.39, 0.29) is 28.2 Å². The van der Waals surface area contributed by atoms with Gasteiger partial charge in [-0.1, -0.05) is 0 Å². The van der Waals surface area contributed by atoms with Gasteiger partial charge in [0.05, 0.1) is 27.6 Å². The van der Waals surface area contributed by atoms with E-state index in [1.165, 1.54) is 12.1 Å². The van der Waals surface area contributed by atoms with Gasteiger partial charge in [-0.2, -0.15) is 0 Å². The van der Waals surface area contributed by atoms with Crippen LogP contribution in [0.25, 0.3) is 0 Å². The number of nitrogens with zero attached hydrogens (tertiary/aromatic N) is 1. The van der Waals surface area contributed by atoms with E-state index in [0.717, 1.165) is 30.3 Å². The predicted octanol–water partition coefficient (Wildman–Crippen LogP) is 1.46. The zero-order valence-electron chi connectivity index (χ0n) is 15.6. The molecule has 0 atom stereocenters. The van der Waals surface area contributed by atoms with Crippen LogP contribution < -0.4 is 5.14 Å². The second-order valence-corrected chi connectivity index (χ2v) is 7.38. The van der Waals surface area contributed by atoms with Gasteiger partial charge in [0, 0.05) is 17.7 Å². The third-order valence-electron chi connectivity index (χ3n) is 3.71. The van der Waals surface area contributed by atoms with Gasteiger partial charge in [-0.05, 0) is 37.3 Å². The van der Waals surface area contributed by atoms with Crippen molar-refractivity contribution in [2.45, 2.75) is 11.8 Å². The molecule has 11 nitrogen and oxygen atoms in total. The first-order valence-electron chi connectivity index (χ1n) is 8.32. The Morgan fingerprint density at radius 1 is 0.967 bits per heavy atom. The van der Waals surface area contributed by atoms with Crippen molar-refractivity contribution in [1.29, 1.82) is 0 Å². The van der Waals surface area contributed by atoms with Crippen LogP contribution in [-0.4, -0.2) is 44.3 Å². The molecule has 12 heteroatoms. The van der Waals surface area contributed by atoms with Crippen LogP contribution in [0.5, 0.6) is 0 Å². The molecular formula is C18H16N2O9S. The number of nitro groups is 1. The molecule has 0 aliphatic heterocycles. The molecule has 0 aromatic heterocycles. The number of non-ortho nitro benzene ring substituents is 1. The number of benzene rings is 2. The van der Waals surface area contributed by atoms with E-state index in [2.05, 4.69) is 0 Å². The lowest BCUT2D eigenvalue weighted by molar-refractivity contribution is -0.384. The minimum absolute atomic E-state index is 0.0278. The predicted molar refractivity (Wildman–Crippen MR) is 101 cm³/mol. The van der Waals surface area contributed by atoms with E-state index in [0.29, 0.717) is 0 Å². The molecule has 0 fully saturated rings. The summed E-state index contributed by atoms with van der Waals surface area (Å²) in [4.78, 5) is 46.3. The number of nitro benzene ring substituents is 1. The number of nitrogens with two attached hydrogens (primary N) is 1. The van der Waals surface area contributed by atoms with Crippen molar-refractivity contribution in [2.75, 3.05) is 13.2 Å². The number of carbonyl (C=O) groups excluding carboxylic acids is 3. The third-order valence-corrected chi connectivity index (χ3v) is 4.64. The SMILES string of the molecule is CCOC(=O)c1cc(C(=O)OCC(=O)c2ccc(S(N)(=O)=O)cc2)cc([N+](=O)[O-])c1. The standard InChI is InChI=1S/C18H16N2O9S/c1-2-28-17(22)12-7-13(9-14(8-12)20(24)25)18(23)29-10-16(21)11-3-5-15(6-4-11)30(19,26)27/h3-9H,2,10H2,1H3,(H2,19,26,27). The number of hydrogen-bond acceptors (Lipinski definition) is 9. The number of esters is 2. The van der Waals surface area contributed by atoms with Gasteiger partial charge in [0.25, 0.3) is 5.69 Å². The van der Waals surface area contributed by atoms with E-state index in [1.807, 2.05) is 0 Å². The number of Topliss-reactive ketones (excluding diaryl/α,β-unsaturated/α-hetero) is 1. The van der Waals surface area contributed by atoms with Crippen LogP contribution in [0.2, 0.25) is 0 Å². The molecular weight excluding hydrogens is 420 g/mol. The number of rotatable bonds is 8. The first kappa shape index (κ1) is 22.6. The highest BCUT2D eigenvalue weighted by Crippen LogP contribution is 2.19. The van der Waals surface area contributed by atoms with E-state index in [9.17, 15) is 32.9 Å². The molecule has 158 valence electrons. The summed E-state index contributed by atoms with van der Waals surface area (Å²) in [6, 6.07) is 7.54. The summed E-state index contributed by atoms with van der Waals surface area (Å²) in [6.07, 6.45) is 0. The van der Waals surface area contributed by atoms with Crippen molar-refractivity contribution in [3.8, 4) is 0 Å². The summed E-state index contributed by atoms with van der Waals surface area (Å²) in [6.45, 7) is 0.858. The molecule has 0 bridgehead atoms. The second-order valence-electron chi connectivity index (χ2n) is 5.81. The highest BCUT2D eigenvalue weighted by molar-refractivity contribution is 7.89. The minimum atomic E-state index is -3.92. The van der Waals surface area contributed by atoms with Crippen LogP contribution >= 0.6 is 0 Å². The fourth-order valence-electron chi connectivity index (χ4n) is 2.29. The zero-order valence-corrected chi connectivity index (χ0v) is 16.4. The molecule has 0 aliphatic carbocycles. The van der Waals surface area contributed by atoms with Crippen molar-refractivity contribution in [3.05, 3.63) is 69.3 Å². The van der Waals surface area contributed by atoms with Crippen molar-refractivity contribution < 1.29 is 37.2 Å². The smallest absolute Gasteiger partial charge is 0.338 e. The van der Waals surface area contributed by atoms with Crippen molar-refractivity contribution in [1.82, 2.24) is 0 Å². The molecule has 0 unspecified atom stereocenters. The largest absolute Gasteiger partial charge is 0.462 e. The molecule has 2 rings (SSSR count). The number of primary sulfonamides is 1. The van der Waals surface area contributed by atoms with Gasteiger partial charge in [0.2, 0.25) is 10.0 Å². The molecule has 2 aromatic rings. The zero-order chi connectivity index (χ0) is 22.5. The average molecular weight is 436 g/mol. The van der Waals surface area contributed by atoms with Gasteiger partial charge in [-0.3, -0.25) is 14.9 Å². The molecule has 0 saturated heterocycles. The lowest BCUT2D eigenvalue weighted by Crippen LogP contribution is -2.16.